The molecule has 0 aliphatic carbocycles. The number of fused-ring (bicyclic) bond motifs is 1. The summed E-state index contributed by atoms with van der Waals surface area (Å²) in [5.74, 6) is 6.79. The number of nitrogens with one attached hydrogen (secondary N) is 1. The molecule has 0 aliphatic rings. The van der Waals surface area contributed by atoms with Crippen LogP contribution in [0.1, 0.15) is 0 Å². The lowest BCUT2D eigenvalue weighted by Crippen LogP contribution is -2.11. The van der Waals surface area contributed by atoms with E-state index < -0.39 is 0 Å². The number of aromatic nitrogens is 2. The van der Waals surface area contributed by atoms with E-state index in [0.717, 1.165) is 16.5 Å². The maximum atomic E-state index is 8.52. The van der Waals surface area contributed by atoms with E-state index in [1.54, 1.807) is 0 Å². The van der Waals surface area contributed by atoms with Gasteiger partial charge in [0, 0.05) is 5.39 Å². The average Bonchev–Trinajstić information content (AvgIpc) is 2.59. The van der Waals surface area contributed by atoms with E-state index in [1.807, 2.05) is 48.5 Å². The normalized spacial score (nSPS) is 10.3. The fourth-order valence-electron chi connectivity index (χ4n) is 2.30. The van der Waals surface area contributed by atoms with Crippen molar-refractivity contribution in [3.8, 4) is 22.9 Å². The summed E-state index contributed by atoms with van der Waals surface area (Å²) in [6.45, 7) is 0.0274. The van der Waals surface area contributed by atoms with Gasteiger partial charge in [0.15, 0.2) is 12.4 Å². The summed E-state index contributed by atoms with van der Waals surface area (Å²) in [6, 6.07) is 15.2. The second-order valence-corrected chi connectivity index (χ2v) is 4.78. The molecule has 7 heteroatoms. The Balaban J connectivity index is 2.00. The van der Waals surface area contributed by atoms with Crippen LogP contribution in [0, 0.1) is 11.3 Å². The number of nitriles is 1. The number of hydrazine groups is 1. The van der Waals surface area contributed by atoms with Crippen molar-refractivity contribution >= 4 is 22.7 Å². The molecule has 2 aromatic carbocycles. The van der Waals surface area contributed by atoms with E-state index in [1.165, 1.54) is 0 Å². The predicted octanol–water partition coefficient (Wildman–Crippen LogP) is 2.07. The summed E-state index contributed by atoms with van der Waals surface area (Å²) in [4.78, 5) is 8.27. The first kappa shape index (κ1) is 14.6. The van der Waals surface area contributed by atoms with Crippen molar-refractivity contribution in [3.63, 3.8) is 0 Å². The Labute approximate surface area is 132 Å². The molecular formula is C16H14N6O. The zero-order valence-corrected chi connectivity index (χ0v) is 12.2. The molecule has 0 fully saturated rings. The molecule has 1 aromatic heterocycles. The Bertz CT molecular complexity index is 885. The topological polar surface area (TPSA) is 123 Å². The number of hydrogen-bond acceptors (Lipinski definition) is 7. The minimum Gasteiger partial charge on any atom is -0.479 e. The first-order valence-electron chi connectivity index (χ1n) is 6.85. The number of anilines is 2. The Hall–Kier alpha value is -3.37. The van der Waals surface area contributed by atoms with Crippen LogP contribution in [-0.4, -0.2) is 16.6 Å². The molecule has 0 amide bonds. The lowest BCUT2D eigenvalue weighted by atomic mass is 10.0. The third-order valence-corrected chi connectivity index (χ3v) is 3.34. The summed E-state index contributed by atoms with van der Waals surface area (Å²) in [5, 5.41) is 9.30. The molecule has 0 saturated heterocycles. The van der Waals surface area contributed by atoms with E-state index >= 15 is 0 Å². The van der Waals surface area contributed by atoms with Crippen molar-refractivity contribution in [2.24, 2.45) is 5.84 Å². The number of rotatable bonds is 4. The lowest BCUT2D eigenvalue weighted by molar-refractivity contribution is 0.368. The van der Waals surface area contributed by atoms with Crippen molar-refractivity contribution in [1.82, 2.24) is 9.97 Å². The fraction of sp³-hybridized carbons (Fsp3) is 0.0625. The van der Waals surface area contributed by atoms with Crippen molar-refractivity contribution in [2.45, 2.75) is 0 Å². The first-order chi connectivity index (χ1) is 11.2. The maximum Gasteiger partial charge on any atom is 0.222 e. The third kappa shape index (κ3) is 2.97. The van der Waals surface area contributed by atoms with E-state index in [9.17, 15) is 0 Å². The minimum absolute atomic E-state index is 0.0274. The van der Waals surface area contributed by atoms with Crippen molar-refractivity contribution in [2.75, 3.05) is 17.8 Å². The van der Waals surface area contributed by atoms with Crippen LogP contribution in [0.4, 0.5) is 11.8 Å². The van der Waals surface area contributed by atoms with Gasteiger partial charge in [0.05, 0.1) is 5.52 Å². The highest BCUT2D eigenvalue weighted by Gasteiger charge is 2.07. The van der Waals surface area contributed by atoms with Gasteiger partial charge in [-0.2, -0.15) is 10.2 Å². The van der Waals surface area contributed by atoms with Gasteiger partial charge >= 0.3 is 0 Å². The van der Waals surface area contributed by atoms with E-state index in [-0.39, 0.29) is 12.6 Å². The zero-order chi connectivity index (χ0) is 16.2. The first-order valence-corrected chi connectivity index (χ1v) is 6.85. The van der Waals surface area contributed by atoms with Crippen molar-refractivity contribution in [1.29, 1.82) is 5.26 Å². The van der Waals surface area contributed by atoms with Crippen LogP contribution in [0.5, 0.6) is 5.75 Å². The zero-order valence-electron chi connectivity index (χ0n) is 12.2. The molecule has 0 radical (unpaired) electrons. The summed E-state index contributed by atoms with van der Waals surface area (Å²) in [6.07, 6.45) is 0. The summed E-state index contributed by atoms with van der Waals surface area (Å²) < 4.78 is 5.24. The minimum atomic E-state index is 0.0274. The molecule has 1 heterocycles. The van der Waals surface area contributed by atoms with Crippen molar-refractivity contribution in [3.05, 3.63) is 42.5 Å². The third-order valence-electron chi connectivity index (χ3n) is 3.34. The van der Waals surface area contributed by atoms with Gasteiger partial charge in [-0.3, -0.25) is 0 Å². The number of nitrogens with zero attached hydrogens (tertiary/aromatic N) is 3. The molecule has 0 aliphatic heterocycles. The molecule has 5 N–H and O–H groups in total. The van der Waals surface area contributed by atoms with Crippen LogP contribution < -0.4 is 21.7 Å². The highest BCUT2D eigenvalue weighted by molar-refractivity contribution is 5.93. The molecule has 7 nitrogen and oxygen atoms in total. The Morgan fingerprint density at radius 1 is 1.09 bits per heavy atom. The molecule has 0 spiro atoms. The van der Waals surface area contributed by atoms with E-state index in [0.29, 0.717) is 17.1 Å². The van der Waals surface area contributed by atoms with Crippen LogP contribution in [0.3, 0.4) is 0 Å². The molecule has 3 rings (SSSR count). The number of nitrogens with two attached hydrogens (primary N) is 2. The second-order valence-electron chi connectivity index (χ2n) is 4.78. The van der Waals surface area contributed by atoms with Gasteiger partial charge in [0.2, 0.25) is 5.95 Å². The maximum absolute atomic E-state index is 8.52. The molecule has 0 bridgehead atoms. The molecule has 23 heavy (non-hydrogen) atoms. The van der Waals surface area contributed by atoms with Gasteiger partial charge in [-0.05, 0) is 35.4 Å². The highest BCUT2D eigenvalue weighted by Crippen LogP contribution is 2.28. The Morgan fingerprint density at radius 2 is 1.83 bits per heavy atom. The summed E-state index contributed by atoms with van der Waals surface area (Å²) in [5.41, 5.74) is 10.9. The average molecular weight is 306 g/mol. The highest BCUT2D eigenvalue weighted by atomic mass is 16.5. The monoisotopic (exact) mass is 306 g/mol. The van der Waals surface area contributed by atoms with Gasteiger partial charge in [-0.1, -0.05) is 18.2 Å². The second kappa shape index (κ2) is 6.17. The van der Waals surface area contributed by atoms with Crippen LogP contribution in [0.2, 0.25) is 0 Å². The van der Waals surface area contributed by atoms with Gasteiger partial charge < -0.3 is 15.9 Å². The standard InChI is InChI=1S/C16H14N6O/c17-7-8-23-12-4-1-10(2-5-12)11-3-6-14-13(9-11)15(22-19)21-16(18)20-14/h1-6,9H,8,19H2,(H3,18,20,21,22). The number of benzene rings is 2. The molecule has 0 unspecified atom stereocenters. The van der Waals surface area contributed by atoms with E-state index in [4.69, 9.17) is 21.6 Å². The largest absolute Gasteiger partial charge is 0.479 e. The number of ether oxygens (including phenoxy) is 1. The van der Waals surface area contributed by atoms with Crippen LogP contribution in [0.15, 0.2) is 42.5 Å². The molecule has 0 atom stereocenters. The Morgan fingerprint density at radius 3 is 2.52 bits per heavy atom. The van der Waals surface area contributed by atoms with Gasteiger partial charge in [0.25, 0.3) is 0 Å². The van der Waals surface area contributed by atoms with Crippen LogP contribution in [-0.2, 0) is 0 Å². The van der Waals surface area contributed by atoms with Crippen molar-refractivity contribution < 1.29 is 4.74 Å². The summed E-state index contributed by atoms with van der Waals surface area (Å²) >= 11 is 0. The SMILES string of the molecule is N#CCOc1ccc(-c2ccc3nc(N)nc(NN)c3c2)cc1. The lowest BCUT2D eigenvalue weighted by Gasteiger charge is -2.09. The molecule has 3 aromatic rings. The molecule has 114 valence electrons. The van der Waals surface area contributed by atoms with Crippen LogP contribution >= 0.6 is 0 Å². The molecule has 0 saturated carbocycles. The van der Waals surface area contributed by atoms with Crippen LogP contribution in [0.25, 0.3) is 22.0 Å². The van der Waals surface area contributed by atoms with Gasteiger partial charge in [-0.15, -0.1) is 0 Å². The number of hydrogen-bond donors (Lipinski definition) is 3. The van der Waals surface area contributed by atoms with Gasteiger partial charge in [0.1, 0.15) is 11.8 Å². The molecular weight excluding hydrogens is 292 g/mol. The quantitative estimate of drug-likeness (QED) is 0.498. The number of nitrogen functional groups attached to an aromatic ring is 2. The van der Waals surface area contributed by atoms with E-state index in [2.05, 4.69) is 15.4 Å². The summed E-state index contributed by atoms with van der Waals surface area (Å²) in [7, 11) is 0. The smallest absolute Gasteiger partial charge is 0.222 e. The Kier molecular flexibility index (Phi) is 3.91. The predicted molar refractivity (Wildman–Crippen MR) is 88.3 cm³/mol. The fourth-order valence-corrected chi connectivity index (χ4v) is 2.30. The van der Waals surface area contributed by atoms with Gasteiger partial charge in [-0.25, -0.2) is 10.8 Å².